The van der Waals surface area contributed by atoms with Crippen LogP contribution in [-0.2, 0) is 10.0 Å². The van der Waals surface area contributed by atoms with E-state index in [0.29, 0.717) is 91.1 Å². The van der Waals surface area contributed by atoms with Gasteiger partial charge < -0.3 is 24.3 Å². The van der Waals surface area contributed by atoms with E-state index in [1.54, 1.807) is 61.7 Å². The van der Waals surface area contributed by atoms with E-state index in [1.165, 1.54) is 14.2 Å². The number of carbonyl (C=O) groups is 1. The van der Waals surface area contributed by atoms with Crippen LogP contribution in [0.5, 0.6) is 28.7 Å². The van der Waals surface area contributed by atoms with Gasteiger partial charge in [0.1, 0.15) is 34.2 Å². The molecule has 12 heteroatoms. The molecule has 0 bridgehead atoms. The lowest BCUT2D eigenvalue weighted by molar-refractivity contribution is 0.104. The van der Waals surface area contributed by atoms with Crippen LogP contribution in [0.4, 0.5) is 17.1 Å². The predicted molar refractivity (Wildman–Crippen MR) is 202 cm³/mol. The maximum Gasteiger partial charge on any atom is 0.232 e. The third kappa shape index (κ3) is 6.44. The van der Waals surface area contributed by atoms with E-state index in [2.05, 4.69) is 10.0 Å². The van der Waals surface area contributed by atoms with E-state index in [0.717, 1.165) is 6.42 Å². The molecule has 7 rings (SSSR count). The third-order valence-electron chi connectivity index (χ3n) is 8.74. The summed E-state index contributed by atoms with van der Waals surface area (Å²) in [5.41, 5.74) is 3.91. The summed E-state index contributed by atoms with van der Waals surface area (Å²) >= 11 is 0. The van der Waals surface area contributed by atoms with Crippen molar-refractivity contribution in [1.29, 1.82) is 0 Å². The average Bonchev–Trinajstić information content (AvgIpc) is 3.17. The first-order valence-corrected chi connectivity index (χ1v) is 18.3. The fourth-order valence-electron chi connectivity index (χ4n) is 6.23. The molecule has 0 atom stereocenters. The van der Waals surface area contributed by atoms with Gasteiger partial charge in [0.2, 0.25) is 10.0 Å². The second-order valence-electron chi connectivity index (χ2n) is 12.1. The molecule has 0 saturated carbocycles. The fraction of sp³-hybridized carbons (Fsp3) is 0.175. The van der Waals surface area contributed by atoms with Crippen molar-refractivity contribution in [3.63, 3.8) is 0 Å². The first kappa shape index (κ1) is 34.3. The minimum absolute atomic E-state index is 0.0187. The number of sulfonamides is 1. The van der Waals surface area contributed by atoms with Gasteiger partial charge in [0.15, 0.2) is 17.4 Å². The van der Waals surface area contributed by atoms with Gasteiger partial charge in [-0.1, -0.05) is 67.9 Å². The Morgan fingerprint density at radius 3 is 2.02 bits per heavy atom. The van der Waals surface area contributed by atoms with Crippen LogP contribution in [0.25, 0.3) is 33.5 Å². The van der Waals surface area contributed by atoms with Crippen LogP contribution in [0.3, 0.4) is 0 Å². The molecule has 52 heavy (non-hydrogen) atoms. The quantitative estimate of drug-likeness (QED) is 0.119. The van der Waals surface area contributed by atoms with Crippen LogP contribution in [0.15, 0.2) is 97.1 Å². The Balaban J connectivity index is 1.52. The number of methoxy groups -OCH3 is 3. The minimum Gasteiger partial charge on any atom is -0.496 e. The average molecular weight is 717 g/mol. The molecular weight excluding hydrogens is 681 g/mol. The van der Waals surface area contributed by atoms with Gasteiger partial charge >= 0.3 is 0 Å². The maximum absolute atomic E-state index is 14.5. The third-order valence-corrected chi connectivity index (χ3v) is 10.1. The van der Waals surface area contributed by atoms with Crippen molar-refractivity contribution in [2.75, 3.05) is 37.1 Å². The van der Waals surface area contributed by atoms with Crippen molar-refractivity contribution in [2.24, 2.45) is 0 Å². The Hall–Kier alpha value is -6.14. The van der Waals surface area contributed by atoms with E-state index in [1.807, 2.05) is 49.4 Å². The highest BCUT2D eigenvalue weighted by molar-refractivity contribution is 7.92. The summed E-state index contributed by atoms with van der Waals surface area (Å²) in [6.07, 6.45) is 1.26. The standard InChI is InChI=1S/C40H36N4O7S/c1-5-6-20-52(46,47)44-29-19-13-12-18-28(29)40-42-36-26-16-10-11-17-27(26)39(45)34-30(41-37-31(49-3)21-25(48-2)22-32(37)50-4)23-33(38(43-40)35(34)36)51-24-14-8-7-9-15-24/h7-19,21-23,41,44H,5-6,20H2,1-4H3. The number of carbonyl (C=O) groups excluding carboxylic acids is 1. The van der Waals surface area contributed by atoms with Gasteiger partial charge in [-0.25, -0.2) is 18.4 Å². The molecule has 0 saturated heterocycles. The monoisotopic (exact) mass is 716 g/mol. The topological polar surface area (TPSA) is 138 Å². The van der Waals surface area contributed by atoms with Crippen LogP contribution in [-0.4, -0.2) is 51.3 Å². The number of nitrogens with one attached hydrogen (secondary N) is 2. The van der Waals surface area contributed by atoms with Crippen molar-refractivity contribution in [2.45, 2.75) is 19.8 Å². The number of nitrogens with zero attached hydrogens (tertiary/aromatic N) is 2. The smallest absolute Gasteiger partial charge is 0.232 e. The van der Waals surface area contributed by atoms with Crippen molar-refractivity contribution >= 4 is 43.8 Å². The molecule has 0 amide bonds. The van der Waals surface area contributed by atoms with Gasteiger partial charge in [0.25, 0.3) is 0 Å². The van der Waals surface area contributed by atoms with Gasteiger partial charge in [-0.2, -0.15) is 0 Å². The lowest BCUT2D eigenvalue weighted by Gasteiger charge is -2.25. The number of unbranched alkanes of at least 4 members (excludes halogenated alkanes) is 1. The highest BCUT2D eigenvalue weighted by Gasteiger charge is 2.33. The number of anilines is 3. The molecule has 1 aliphatic rings. The first-order valence-electron chi connectivity index (χ1n) is 16.7. The number of ether oxygens (including phenoxy) is 4. The van der Waals surface area contributed by atoms with Crippen LogP contribution >= 0.6 is 0 Å². The van der Waals surface area contributed by atoms with Crippen LogP contribution < -0.4 is 29.0 Å². The summed E-state index contributed by atoms with van der Waals surface area (Å²) in [6, 6.07) is 28.6. The largest absolute Gasteiger partial charge is 0.496 e. The molecule has 0 fully saturated rings. The van der Waals surface area contributed by atoms with E-state index in [4.69, 9.17) is 28.9 Å². The SMILES string of the molecule is CCCCS(=O)(=O)Nc1ccccc1-c1nc2c3c(c(Nc4c(OC)cc(OC)cc4OC)cc(Oc4ccccc4)c3n1)C(=O)c1ccccc1-2. The molecule has 11 nitrogen and oxygen atoms in total. The Morgan fingerprint density at radius 2 is 1.35 bits per heavy atom. The molecule has 264 valence electrons. The molecular formula is C40H36N4O7S. The number of aromatic nitrogens is 2. The zero-order valence-corrected chi connectivity index (χ0v) is 29.8. The molecule has 1 aromatic heterocycles. The van der Waals surface area contributed by atoms with Gasteiger partial charge in [0, 0.05) is 40.3 Å². The Kier molecular flexibility index (Phi) is 9.39. The molecule has 0 radical (unpaired) electrons. The second-order valence-corrected chi connectivity index (χ2v) is 13.9. The molecule has 6 aromatic rings. The summed E-state index contributed by atoms with van der Waals surface area (Å²) in [7, 11) is 0.965. The Morgan fingerprint density at radius 1 is 0.692 bits per heavy atom. The molecule has 0 aliphatic heterocycles. The van der Waals surface area contributed by atoms with Crippen molar-refractivity contribution in [1.82, 2.24) is 9.97 Å². The summed E-state index contributed by atoms with van der Waals surface area (Å²) in [5.74, 6) is 2.22. The molecule has 1 aliphatic carbocycles. The number of para-hydroxylation sites is 2. The molecule has 0 unspecified atom stereocenters. The second kappa shape index (κ2) is 14.2. The summed E-state index contributed by atoms with van der Waals surface area (Å²) in [5, 5.41) is 3.88. The Labute approximate surface area is 301 Å². The number of fused-ring (bicyclic) bond motifs is 2. The number of hydrogen-bond acceptors (Lipinski definition) is 10. The van der Waals surface area contributed by atoms with Crippen molar-refractivity contribution in [3.05, 3.63) is 108 Å². The van der Waals surface area contributed by atoms with E-state index >= 15 is 0 Å². The predicted octanol–water partition coefficient (Wildman–Crippen LogP) is 8.61. The van der Waals surface area contributed by atoms with Gasteiger partial charge in [-0.05, 0) is 30.7 Å². The molecule has 2 N–H and O–H groups in total. The lowest BCUT2D eigenvalue weighted by Crippen LogP contribution is -2.17. The highest BCUT2D eigenvalue weighted by Crippen LogP contribution is 2.49. The number of rotatable bonds is 13. The van der Waals surface area contributed by atoms with Gasteiger partial charge in [-0.3, -0.25) is 9.52 Å². The van der Waals surface area contributed by atoms with Crippen LogP contribution in [0, 0.1) is 0 Å². The zero-order valence-electron chi connectivity index (χ0n) is 29.0. The van der Waals surface area contributed by atoms with Crippen LogP contribution in [0.2, 0.25) is 0 Å². The molecule has 1 heterocycles. The zero-order chi connectivity index (χ0) is 36.4. The van der Waals surface area contributed by atoms with E-state index in [-0.39, 0.29) is 17.4 Å². The lowest BCUT2D eigenvalue weighted by atomic mass is 9.85. The van der Waals surface area contributed by atoms with Crippen molar-refractivity contribution in [3.8, 4) is 51.4 Å². The van der Waals surface area contributed by atoms with Crippen molar-refractivity contribution < 1.29 is 32.2 Å². The van der Waals surface area contributed by atoms with Gasteiger partial charge in [0.05, 0.1) is 49.7 Å². The summed E-state index contributed by atoms with van der Waals surface area (Å²) < 4.78 is 52.3. The van der Waals surface area contributed by atoms with Crippen LogP contribution in [0.1, 0.15) is 35.7 Å². The minimum atomic E-state index is -3.65. The number of benzene rings is 5. The normalized spacial score (nSPS) is 11.9. The maximum atomic E-state index is 14.5. The van der Waals surface area contributed by atoms with Gasteiger partial charge in [-0.15, -0.1) is 0 Å². The molecule has 0 spiro atoms. The summed E-state index contributed by atoms with van der Waals surface area (Å²) in [4.78, 5) is 24.6. The van der Waals surface area contributed by atoms with E-state index in [9.17, 15) is 13.2 Å². The fourth-order valence-corrected chi connectivity index (χ4v) is 7.51. The first-order chi connectivity index (χ1) is 25.2. The number of hydrogen-bond donors (Lipinski definition) is 2. The highest BCUT2D eigenvalue weighted by atomic mass is 32.2. The summed E-state index contributed by atoms with van der Waals surface area (Å²) in [6.45, 7) is 1.94. The molecule has 5 aromatic carbocycles. The van der Waals surface area contributed by atoms with E-state index < -0.39 is 10.0 Å². The Bertz CT molecular complexity index is 2410. The number of ketones is 1.